The van der Waals surface area contributed by atoms with E-state index in [0.717, 1.165) is 12.8 Å². The molecule has 3 N–H and O–H groups in total. The van der Waals surface area contributed by atoms with Gasteiger partial charge in [0.15, 0.2) is 5.82 Å². The number of ether oxygens (including phenoxy) is 1. The van der Waals surface area contributed by atoms with Gasteiger partial charge < -0.3 is 25.3 Å². The van der Waals surface area contributed by atoms with E-state index >= 15 is 0 Å². The Morgan fingerprint density at radius 2 is 2.00 bits per heavy atom. The van der Waals surface area contributed by atoms with Gasteiger partial charge in [-0.05, 0) is 53.4 Å². The molecule has 146 valence electrons. The van der Waals surface area contributed by atoms with Gasteiger partial charge >= 0.3 is 12.1 Å². The molecule has 0 spiro atoms. The lowest BCUT2D eigenvalue weighted by Gasteiger charge is -2.32. The van der Waals surface area contributed by atoms with Gasteiger partial charge in [-0.25, -0.2) is 9.59 Å². The Kier molecular flexibility index (Phi) is 5.77. The summed E-state index contributed by atoms with van der Waals surface area (Å²) < 4.78 is 7.03. The van der Waals surface area contributed by atoms with Gasteiger partial charge in [-0.3, -0.25) is 0 Å². The Bertz CT molecular complexity index is 649. The molecule has 1 saturated carbocycles. The quantitative estimate of drug-likeness (QED) is 0.712. The predicted molar refractivity (Wildman–Crippen MR) is 96.5 cm³/mol. The standard InChI is InChI=1S/C17H30N6O3/c1-11(13-22-19-10-23(13)6)20-14(24)21-17(5,12-7-8-12)9-18-15(25)26-16(2,3)4/h10-12H,7-9H2,1-6H3,(H,18,25)(H2,20,21,24). The number of carbonyl (C=O) groups is 2. The summed E-state index contributed by atoms with van der Waals surface area (Å²) in [4.78, 5) is 24.4. The Labute approximate surface area is 154 Å². The third-order valence-corrected chi connectivity index (χ3v) is 4.36. The highest BCUT2D eigenvalue weighted by Crippen LogP contribution is 2.39. The molecule has 9 heteroatoms. The molecule has 0 aliphatic heterocycles. The van der Waals surface area contributed by atoms with E-state index in [1.165, 1.54) is 0 Å². The van der Waals surface area contributed by atoms with Gasteiger partial charge in [-0.15, -0.1) is 10.2 Å². The minimum atomic E-state index is -0.559. The molecule has 0 bridgehead atoms. The fourth-order valence-electron chi connectivity index (χ4n) is 2.82. The van der Waals surface area contributed by atoms with E-state index in [4.69, 9.17) is 4.74 Å². The lowest BCUT2D eigenvalue weighted by molar-refractivity contribution is 0.0509. The van der Waals surface area contributed by atoms with Crippen molar-refractivity contribution in [2.75, 3.05) is 6.54 Å². The molecule has 1 heterocycles. The van der Waals surface area contributed by atoms with E-state index in [9.17, 15) is 9.59 Å². The van der Waals surface area contributed by atoms with E-state index < -0.39 is 17.2 Å². The van der Waals surface area contributed by atoms with Gasteiger partial charge in [-0.1, -0.05) is 0 Å². The molecule has 1 aliphatic rings. The number of hydrogen-bond acceptors (Lipinski definition) is 5. The number of aromatic nitrogens is 3. The van der Waals surface area contributed by atoms with E-state index in [1.807, 2.05) is 41.7 Å². The number of amides is 3. The number of nitrogens with one attached hydrogen (secondary N) is 3. The van der Waals surface area contributed by atoms with Crippen molar-refractivity contribution in [3.05, 3.63) is 12.2 Å². The Balaban J connectivity index is 1.91. The molecule has 0 radical (unpaired) electrons. The van der Waals surface area contributed by atoms with Gasteiger partial charge in [0.05, 0.1) is 11.6 Å². The fraction of sp³-hybridized carbons (Fsp3) is 0.765. The SMILES string of the molecule is CC(NC(=O)NC(C)(CNC(=O)OC(C)(C)C)C1CC1)c1nncn1C. The van der Waals surface area contributed by atoms with Gasteiger partial charge in [0.1, 0.15) is 11.9 Å². The predicted octanol–water partition coefficient (Wildman–Crippen LogP) is 1.87. The van der Waals surface area contributed by atoms with E-state index in [2.05, 4.69) is 26.1 Å². The summed E-state index contributed by atoms with van der Waals surface area (Å²) in [5.74, 6) is 0.994. The monoisotopic (exact) mass is 366 g/mol. The Morgan fingerprint density at radius 3 is 2.50 bits per heavy atom. The highest BCUT2D eigenvalue weighted by Gasteiger charge is 2.43. The number of rotatable bonds is 6. The van der Waals surface area contributed by atoms with Crippen LogP contribution in [0.15, 0.2) is 6.33 Å². The first-order valence-electron chi connectivity index (χ1n) is 8.89. The maximum absolute atomic E-state index is 12.5. The van der Waals surface area contributed by atoms with Crippen LogP contribution >= 0.6 is 0 Å². The van der Waals surface area contributed by atoms with Crippen molar-refractivity contribution in [3.63, 3.8) is 0 Å². The summed E-state index contributed by atoms with van der Waals surface area (Å²) in [6.45, 7) is 9.52. The third kappa shape index (κ3) is 5.60. The first-order chi connectivity index (χ1) is 12.0. The highest BCUT2D eigenvalue weighted by atomic mass is 16.6. The molecule has 0 aromatic carbocycles. The first kappa shape index (κ1) is 20.0. The minimum Gasteiger partial charge on any atom is -0.444 e. The summed E-state index contributed by atoms with van der Waals surface area (Å²) in [6.07, 6.45) is 3.14. The molecule has 1 fully saturated rings. The second-order valence-corrected chi connectivity index (χ2v) is 8.17. The molecule has 0 saturated heterocycles. The minimum absolute atomic E-state index is 0.287. The van der Waals surface area contributed by atoms with Crippen LogP contribution in [-0.4, -0.2) is 44.6 Å². The Hall–Kier alpha value is -2.32. The molecule has 1 aromatic heterocycles. The van der Waals surface area contributed by atoms with Gasteiger partial charge in [0.25, 0.3) is 0 Å². The van der Waals surface area contributed by atoms with E-state index in [-0.39, 0.29) is 12.1 Å². The molecule has 2 unspecified atom stereocenters. The average Bonchev–Trinajstić information content (AvgIpc) is 3.26. The van der Waals surface area contributed by atoms with Crippen LogP contribution in [0.5, 0.6) is 0 Å². The van der Waals surface area contributed by atoms with E-state index in [1.54, 1.807) is 10.9 Å². The zero-order valence-corrected chi connectivity index (χ0v) is 16.4. The molecule has 26 heavy (non-hydrogen) atoms. The van der Waals surface area contributed by atoms with Crippen LogP contribution in [0.4, 0.5) is 9.59 Å². The number of nitrogens with zero attached hydrogens (tertiary/aromatic N) is 3. The number of aryl methyl sites for hydroxylation is 1. The average molecular weight is 366 g/mol. The van der Waals surface area contributed by atoms with Gasteiger partial charge in [0.2, 0.25) is 0 Å². The molecule has 2 rings (SSSR count). The van der Waals surface area contributed by atoms with Crippen molar-refractivity contribution in [3.8, 4) is 0 Å². The largest absolute Gasteiger partial charge is 0.444 e. The fourth-order valence-corrected chi connectivity index (χ4v) is 2.82. The van der Waals surface area contributed by atoms with Crippen molar-refractivity contribution in [2.45, 2.75) is 64.6 Å². The second kappa shape index (κ2) is 7.51. The zero-order chi connectivity index (χ0) is 19.5. The van der Waals surface area contributed by atoms with Gasteiger partial charge in [0, 0.05) is 13.6 Å². The van der Waals surface area contributed by atoms with Crippen LogP contribution in [0.25, 0.3) is 0 Å². The zero-order valence-electron chi connectivity index (χ0n) is 16.4. The highest BCUT2D eigenvalue weighted by molar-refractivity contribution is 5.75. The first-order valence-corrected chi connectivity index (χ1v) is 8.89. The second-order valence-electron chi connectivity index (χ2n) is 8.17. The summed E-state index contributed by atoms with van der Waals surface area (Å²) in [5, 5.41) is 16.5. The molecule has 1 aromatic rings. The number of alkyl carbamates (subject to hydrolysis) is 1. The number of urea groups is 1. The molecular formula is C17H30N6O3. The maximum atomic E-state index is 12.5. The molecule has 1 aliphatic carbocycles. The molecule has 9 nitrogen and oxygen atoms in total. The smallest absolute Gasteiger partial charge is 0.407 e. The summed E-state index contributed by atoms with van der Waals surface area (Å²) in [6, 6.07) is -0.592. The van der Waals surface area contributed by atoms with Crippen LogP contribution in [0.2, 0.25) is 0 Å². The van der Waals surface area contributed by atoms with E-state index in [0.29, 0.717) is 18.3 Å². The lowest BCUT2D eigenvalue weighted by atomic mass is 9.96. The van der Waals surface area contributed by atoms with Crippen LogP contribution in [-0.2, 0) is 11.8 Å². The van der Waals surface area contributed by atoms with Gasteiger partial charge in [-0.2, -0.15) is 0 Å². The lowest BCUT2D eigenvalue weighted by Crippen LogP contribution is -2.58. The number of carbonyl (C=O) groups excluding carboxylic acids is 2. The van der Waals surface area contributed by atoms with Crippen molar-refractivity contribution >= 4 is 12.1 Å². The number of hydrogen-bond donors (Lipinski definition) is 3. The van der Waals surface area contributed by atoms with Crippen LogP contribution in [0.3, 0.4) is 0 Å². The summed E-state index contributed by atoms with van der Waals surface area (Å²) in [5.41, 5.74) is -1.10. The summed E-state index contributed by atoms with van der Waals surface area (Å²) in [7, 11) is 1.82. The van der Waals surface area contributed by atoms with Crippen molar-refractivity contribution in [2.24, 2.45) is 13.0 Å². The maximum Gasteiger partial charge on any atom is 0.407 e. The van der Waals surface area contributed by atoms with Crippen LogP contribution < -0.4 is 16.0 Å². The van der Waals surface area contributed by atoms with Crippen molar-refractivity contribution < 1.29 is 14.3 Å². The molecule has 3 amide bonds. The Morgan fingerprint density at radius 1 is 1.35 bits per heavy atom. The third-order valence-electron chi connectivity index (χ3n) is 4.36. The summed E-state index contributed by atoms with van der Waals surface area (Å²) >= 11 is 0. The molecule has 2 atom stereocenters. The normalized spacial score (nSPS) is 17.8. The van der Waals surface area contributed by atoms with Crippen molar-refractivity contribution in [1.82, 2.24) is 30.7 Å². The van der Waals surface area contributed by atoms with Crippen molar-refractivity contribution in [1.29, 1.82) is 0 Å². The van der Waals surface area contributed by atoms with Crippen LogP contribution in [0.1, 0.15) is 59.3 Å². The molecular weight excluding hydrogens is 336 g/mol. The topological polar surface area (TPSA) is 110 Å². The van der Waals surface area contributed by atoms with Crippen LogP contribution in [0, 0.1) is 5.92 Å².